The number of ether oxygens (including phenoxy) is 1. The molecule has 0 spiro atoms. The van der Waals surface area contributed by atoms with E-state index in [4.69, 9.17) is 5.11 Å². The molecule has 0 radical (unpaired) electrons. The van der Waals surface area contributed by atoms with E-state index < -0.39 is 12.6 Å². The number of alkyl halides is 2. The second kappa shape index (κ2) is 7.89. The van der Waals surface area contributed by atoms with E-state index in [0.717, 1.165) is 19.3 Å². The minimum atomic E-state index is -2.95. The fraction of sp³-hybridized carbons (Fsp3) is 0.500. The van der Waals surface area contributed by atoms with Crippen molar-refractivity contribution in [2.75, 3.05) is 6.54 Å². The molecule has 0 aliphatic carbocycles. The zero-order valence-electron chi connectivity index (χ0n) is 12.6. The van der Waals surface area contributed by atoms with Crippen LogP contribution in [0.2, 0.25) is 0 Å². The lowest BCUT2D eigenvalue weighted by Gasteiger charge is -2.35. The molecule has 7 heteroatoms. The van der Waals surface area contributed by atoms with E-state index in [-0.39, 0.29) is 29.7 Å². The van der Waals surface area contributed by atoms with Crippen LogP contribution in [0.25, 0.3) is 0 Å². The molecule has 23 heavy (non-hydrogen) atoms. The summed E-state index contributed by atoms with van der Waals surface area (Å²) in [7, 11) is 0. The first-order chi connectivity index (χ1) is 11.0. The third-order valence-corrected chi connectivity index (χ3v) is 3.89. The predicted octanol–water partition coefficient (Wildman–Crippen LogP) is 3.15. The summed E-state index contributed by atoms with van der Waals surface area (Å²) < 4.78 is 28.9. The van der Waals surface area contributed by atoms with Crippen molar-refractivity contribution in [2.24, 2.45) is 0 Å². The second-order valence-electron chi connectivity index (χ2n) is 5.49. The van der Waals surface area contributed by atoms with Crippen molar-refractivity contribution in [3.63, 3.8) is 0 Å². The Morgan fingerprint density at radius 3 is 2.83 bits per heavy atom. The predicted molar refractivity (Wildman–Crippen MR) is 78.6 cm³/mol. The summed E-state index contributed by atoms with van der Waals surface area (Å²) in [4.78, 5) is 25.0. The van der Waals surface area contributed by atoms with Gasteiger partial charge in [-0.1, -0.05) is 6.07 Å². The van der Waals surface area contributed by atoms with E-state index >= 15 is 0 Å². The summed E-state index contributed by atoms with van der Waals surface area (Å²) in [5.41, 5.74) is 0.269. The maximum absolute atomic E-state index is 12.6. The van der Waals surface area contributed by atoms with Crippen molar-refractivity contribution in [1.29, 1.82) is 0 Å². The SMILES string of the molecule is O=C(O)CCC1CCCCN1C(=O)c1cccc(OC(F)F)c1. The number of carbonyl (C=O) groups is 2. The first-order valence-electron chi connectivity index (χ1n) is 7.55. The van der Waals surface area contributed by atoms with Crippen LogP contribution in [0.5, 0.6) is 5.75 Å². The highest BCUT2D eigenvalue weighted by Gasteiger charge is 2.28. The van der Waals surface area contributed by atoms with Gasteiger partial charge in [-0.3, -0.25) is 9.59 Å². The summed E-state index contributed by atoms with van der Waals surface area (Å²) in [5, 5.41) is 8.82. The van der Waals surface area contributed by atoms with Gasteiger partial charge in [0, 0.05) is 24.6 Å². The van der Waals surface area contributed by atoms with Crippen molar-refractivity contribution in [3.05, 3.63) is 29.8 Å². The molecule has 5 nitrogen and oxygen atoms in total. The number of halogens is 2. The Morgan fingerprint density at radius 2 is 2.13 bits per heavy atom. The van der Waals surface area contributed by atoms with E-state index in [1.54, 1.807) is 11.0 Å². The normalized spacial score (nSPS) is 18.0. The molecule has 1 heterocycles. The number of likely N-dealkylation sites (tertiary alicyclic amines) is 1. The van der Waals surface area contributed by atoms with Crippen LogP contribution in [0.3, 0.4) is 0 Å². The van der Waals surface area contributed by atoms with E-state index in [9.17, 15) is 18.4 Å². The largest absolute Gasteiger partial charge is 0.481 e. The summed E-state index contributed by atoms with van der Waals surface area (Å²) in [5.74, 6) is -1.24. The fourth-order valence-electron chi connectivity index (χ4n) is 2.83. The van der Waals surface area contributed by atoms with Gasteiger partial charge in [-0.25, -0.2) is 0 Å². The van der Waals surface area contributed by atoms with Gasteiger partial charge in [0.1, 0.15) is 5.75 Å². The quantitative estimate of drug-likeness (QED) is 0.871. The zero-order chi connectivity index (χ0) is 16.8. The highest BCUT2D eigenvalue weighted by molar-refractivity contribution is 5.95. The van der Waals surface area contributed by atoms with Crippen LogP contribution in [0, 0.1) is 0 Å². The van der Waals surface area contributed by atoms with Crippen molar-refractivity contribution in [1.82, 2.24) is 4.90 Å². The molecule has 1 aromatic rings. The van der Waals surface area contributed by atoms with E-state index in [1.807, 2.05) is 0 Å². The smallest absolute Gasteiger partial charge is 0.387 e. The molecule has 1 amide bonds. The van der Waals surface area contributed by atoms with Crippen molar-refractivity contribution in [2.45, 2.75) is 44.8 Å². The second-order valence-corrected chi connectivity index (χ2v) is 5.49. The molecule has 0 aromatic heterocycles. The molecule has 1 aromatic carbocycles. The Bertz CT molecular complexity index is 565. The molecule has 1 N–H and O–H groups in total. The van der Waals surface area contributed by atoms with Gasteiger partial charge >= 0.3 is 12.6 Å². The maximum atomic E-state index is 12.6. The van der Waals surface area contributed by atoms with E-state index in [1.165, 1.54) is 18.2 Å². The molecule has 1 unspecified atom stereocenters. The number of rotatable bonds is 6. The average molecular weight is 327 g/mol. The standard InChI is InChI=1S/C16H19F2NO4/c17-16(18)23-13-6-3-4-11(10-13)15(22)19-9-2-1-5-12(19)7-8-14(20)21/h3-4,6,10,12,16H,1-2,5,7-9H2,(H,20,21). The number of carboxylic acids is 1. The van der Waals surface area contributed by atoms with Crippen LogP contribution in [0.1, 0.15) is 42.5 Å². The fourth-order valence-corrected chi connectivity index (χ4v) is 2.83. The molecule has 1 aliphatic heterocycles. The van der Waals surface area contributed by atoms with Crippen LogP contribution >= 0.6 is 0 Å². The highest BCUT2D eigenvalue weighted by atomic mass is 19.3. The summed E-state index contributed by atoms with van der Waals surface area (Å²) >= 11 is 0. The molecule has 1 fully saturated rings. The molecular formula is C16H19F2NO4. The molecule has 1 atom stereocenters. The Kier molecular flexibility index (Phi) is 5.90. The Morgan fingerprint density at radius 1 is 1.35 bits per heavy atom. The topological polar surface area (TPSA) is 66.8 Å². The van der Waals surface area contributed by atoms with Crippen LogP contribution in [-0.2, 0) is 4.79 Å². The molecular weight excluding hydrogens is 308 g/mol. The summed E-state index contributed by atoms with van der Waals surface area (Å²) in [6.45, 7) is -2.40. The molecule has 2 rings (SSSR count). The number of hydrogen-bond acceptors (Lipinski definition) is 3. The third kappa shape index (κ3) is 4.91. The van der Waals surface area contributed by atoms with E-state index in [2.05, 4.69) is 4.74 Å². The number of piperidine rings is 1. The van der Waals surface area contributed by atoms with Crippen molar-refractivity contribution in [3.8, 4) is 5.75 Å². The van der Waals surface area contributed by atoms with Crippen molar-refractivity contribution >= 4 is 11.9 Å². The highest BCUT2D eigenvalue weighted by Crippen LogP contribution is 2.24. The first-order valence-corrected chi connectivity index (χ1v) is 7.55. The van der Waals surface area contributed by atoms with Gasteiger partial charge in [0.25, 0.3) is 5.91 Å². The van der Waals surface area contributed by atoms with Crippen LogP contribution < -0.4 is 4.74 Å². The van der Waals surface area contributed by atoms with Gasteiger partial charge in [-0.2, -0.15) is 8.78 Å². The number of carbonyl (C=O) groups excluding carboxylic acids is 1. The Labute approximate surface area is 132 Å². The minimum absolute atomic E-state index is 0.00296. The molecule has 0 bridgehead atoms. The van der Waals surface area contributed by atoms with Gasteiger partial charge in [0.15, 0.2) is 0 Å². The van der Waals surface area contributed by atoms with E-state index in [0.29, 0.717) is 13.0 Å². The molecule has 1 saturated heterocycles. The number of amides is 1. The third-order valence-electron chi connectivity index (χ3n) is 3.89. The average Bonchev–Trinajstić information content (AvgIpc) is 2.52. The lowest BCUT2D eigenvalue weighted by atomic mass is 9.97. The lowest BCUT2D eigenvalue weighted by molar-refractivity contribution is -0.137. The first kappa shape index (κ1) is 17.2. The zero-order valence-corrected chi connectivity index (χ0v) is 12.6. The van der Waals surface area contributed by atoms with Gasteiger partial charge in [0.2, 0.25) is 0 Å². The number of aliphatic carboxylic acids is 1. The Hall–Kier alpha value is -2.18. The number of carboxylic acid groups (broad SMARTS) is 1. The van der Waals surface area contributed by atoms with Gasteiger partial charge in [-0.15, -0.1) is 0 Å². The number of hydrogen-bond donors (Lipinski definition) is 1. The van der Waals surface area contributed by atoms with Gasteiger partial charge < -0.3 is 14.7 Å². The van der Waals surface area contributed by atoms with Gasteiger partial charge in [-0.05, 0) is 43.9 Å². The lowest BCUT2D eigenvalue weighted by Crippen LogP contribution is -2.44. The van der Waals surface area contributed by atoms with Crippen molar-refractivity contribution < 1.29 is 28.2 Å². The summed E-state index contributed by atoms with van der Waals surface area (Å²) in [6.07, 6.45) is 2.95. The molecule has 0 saturated carbocycles. The van der Waals surface area contributed by atoms with Crippen LogP contribution in [-0.4, -0.2) is 41.1 Å². The van der Waals surface area contributed by atoms with Gasteiger partial charge in [0.05, 0.1) is 0 Å². The molecule has 1 aliphatic rings. The number of benzene rings is 1. The molecule has 126 valence electrons. The van der Waals surface area contributed by atoms with Crippen LogP contribution in [0.15, 0.2) is 24.3 Å². The monoisotopic (exact) mass is 327 g/mol. The maximum Gasteiger partial charge on any atom is 0.387 e. The Balaban J connectivity index is 2.11. The number of nitrogens with zero attached hydrogens (tertiary/aromatic N) is 1. The minimum Gasteiger partial charge on any atom is -0.481 e. The summed E-state index contributed by atoms with van der Waals surface area (Å²) in [6, 6.07) is 5.55. The van der Waals surface area contributed by atoms with Crippen LogP contribution in [0.4, 0.5) is 8.78 Å².